The minimum Gasteiger partial charge on any atom is -0.319 e. The molecule has 0 saturated carbocycles. The highest BCUT2D eigenvalue weighted by atomic mass is 16.2. The Bertz CT molecular complexity index is 476. The van der Waals surface area contributed by atoms with Crippen molar-refractivity contribution in [2.24, 2.45) is 5.41 Å². The van der Waals surface area contributed by atoms with Crippen LogP contribution in [-0.4, -0.2) is 23.4 Å². The molecule has 2 unspecified atom stereocenters. The van der Waals surface area contributed by atoms with E-state index in [2.05, 4.69) is 52.1 Å². The maximum atomic E-state index is 12.2. The number of rotatable bonds is 2. The number of aryl methyl sites for hydroxylation is 1. The highest BCUT2D eigenvalue weighted by molar-refractivity contribution is 5.81. The molecule has 1 aliphatic rings. The van der Waals surface area contributed by atoms with Crippen molar-refractivity contribution in [2.75, 3.05) is 6.54 Å². The molecule has 0 aliphatic carbocycles. The van der Waals surface area contributed by atoms with Crippen LogP contribution in [0.5, 0.6) is 0 Å². The van der Waals surface area contributed by atoms with Crippen molar-refractivity contribution in [3.8, 4) is 0 Å². The van der Waals surface area contributed by atoms with Crippen LogP contribution in [0.25, 0.3) is 0 Å². The number of carbonyl (C=O) groups is 1. The predicted octanol–water partition coefficient (Wildman–Crippen LogP) is 2.86. The molecule has 0 bridgehead atoms. The Morgan fingerprint density at radius 2 is 1.95 bits per heavy atom. The van der Waals surface area contributed by atoms with Gasteiger partial charge in [0.2, 0.25) is 5.91 Å². The van der Waals surface area contributed by atoms with Gasteiger partial charge in [-0.15, -0.1) is 0 Å². The Kier molecular flexibility index (Phi) is 3.68. The minimum atomic E-state index is 0.00271. The monoisotopic (exact) mass is 260 g/mol. The molecule has 1 aliphatic heterocycles. The molecule has 1 aromatic rings. The molecule has 0 aromatic heterocycles. The van der Waals surface area contributed by atoms with Gasteiger partial charge in [0.15, 0.2) is 0 Å². The molecular weight excluding hydrogens is 236 g/mol. The fourth-order valence-corrected chi connectivity index (χ4v) is 2.53. The smallest absolute Gasteiger partial charge is 0.238 e. The lowest BCUT2D eigenvalue weighted by Gasteiger charge is -2.39. The van der Waals surface area contributed by atoms with Crippen LogP contribution in [0.15, 0.2) is 24.3 Å². The van der Waals surface area contributed by atoms with E-state index in [1.165, 1.54) is 11.1 Å². The van der Waals surface area contributed by atoms with E-state index in [1.807, 2.05) is 17.0 Å². The summed E-state index contributed by atoms with van der Waals surface area (Å²) in [5.74, 6) is 0.190. The fraction of sp³-hybridized carbons (Fsp3) is 0.562. The van der Waals surface area contributed by atoms with E-state index in [1.54, 1.807) is 0 Å². The lowest BCUT2D eigenvalue weighted by Crippen LogP contribution is -2.45. The van der Waals surface area contributed by atoms with Crippen molar-refractivity contribution >= 4 is 5.91 Å². The largest absolute Gasteiger partial charge is 0.319 e. The number of amides is 1. The molecule has 1 heterocycles. The molecule has 1 aromatic carbocycles. The molecule has 0 radical (unpaired) electrons. The van der Waals surface area contributed by atoms with E-state index < -0.39 is 0 Å². The molecule has 2 atom stereocenters. The zero-order valence-corrected chi connectivity index (χ0v) is 12.5. The molecule has 104 valence electrons. The zero-order valence-electron chi connectivity index (χ0n) is 12.5. The standard InChI is InChI=1S/C16H24N2O/c1-11-8-6-7-9-13(11)15-17-10-14(19)18(15)12(2)16(3,4)5/h6-9,12,15,17H,10H2,1-5H3. The van der Waals surface area contributed by atoms with Crippen molar-refractivity contribution < 1.29 is 4.79 Å². The van der Waals surface area contributed by atoms with Crippen molar-refractivity contribution in [1.82, 2.24) is 10.2 Å². The zero-order chi connectivity index (χ0) is 14.2. The van der Waals surface area contributed by atoms with Crippen LogP contribution < -0.4 is 5.32 Å². The normalized spacial score (nSPS) is 21.8. The lowest BCUT2D eigenvalue weighted by molar-refractivity contribution is -0.132. The van der Waals surface area contributed by atoms with E-state index in [0.717, 1.165) is 0 Å². The summed E-state index contributed by atoms with van der Waals surface area (Å²) < 4.78 is 0. The third kappa shape index (κ3) is 2.66. The number of hydrogen-bond donors (Lipinski definition) is 1. The van der Waals surface area contributed by atoms with Gasteiger partial charge in [0.25, 0.3) is 0 Å². The second-order valence-electron chi connectivity index (χ2n) is 6.48. The Labute approximate surface area is 116 Å². The van der Waals surface area contributed by atoms with Gasteiger partial charge in [-0.25, -0.2) is 0 Å². The van der Waals surface area contributed by atoms with Crippen LogP contribution in [0.2, 0.25) is 0 Å². The van der Waals surface area contributed by atoms with Gasteiger partial charge in [-0.2, -0.15) is 0 Å². The van der Waals surface area contributed by atoms with E-state index in [9.17, 15) is 4.79 Å². The Morgan fingerprint density at radius 1 is 1.32 bits per heavy atom. The van der Waals surface area contributed by atoms with Crippen molar-refractivity contribution in [1.29, 1.82) is 0 Å². The summed E-state index contributed by atoms with van der Waals surface area (Å²) in [5, 5.41) is 3.34. The summed E-state index contributed by atoms with van der Waals surface area (Å²) in [6.07, 6.45) is 0.00271. The SMILES string of the molecule is Cc1ccccc1C1NCC(=O)N1C(C)C(C)(C)C. The molecule has 19 heavy (non-hydrogen) atoms. The summed E-state index contributed by atoms with van der Waals surface area (Å²) in [6.45, 7) is 11.2. The number of benzene rings is 1. The maximum Gasteiger partial charge on any atom is 0.238 e. The van der Waals surface area contributed by atoms with E-state index >= 15 is 0 Å². The molecule has 2 rings (SSSR count). The van der Waals surface area contributed by atoms with Gasteiger partial charge in [0, 0.05) is 6.04 Å². The summed E-state index contributed by atoms with van der Waals surface area (Å²) in [6, 6.07) is 8.47. The van der Waals surface area contributed by atoms with Gasteiger partial charge < -0.3 is 4.90 Å². The summed E-state index contributed by atoms with van der Waals surface area (Å²) in [5.41, 5.74) is 2.49. The number of nitrogens with one attached hydrogen (secondary N) is 1. The Hall–Kier alpha value is -1.35. The summed E-state index contributed by atoms with van der Waals surface area (Å²) in [4.78, 5) is 14.2. The van der Waals surface area contributed by atoms with E-state index in [0.29, 0.717) is 6.54 Å². The molecule has 1 amide bonds. The van der Waals surface area contributed by atoms with Gasteiger partial charge in [-0.1, -0.05) is 45.0 Å². The highest BCUT2D eigenvalue weighted by Crippen LogP contribution is 2.33. The molecular formula is C16H24N2O. The fourth-order valence-electron chi connectivity index (χ4n) is 2.53. The minimum absolute atomic E-state index is 0.00271. The van der Waals surface area contributed by atoms with E-state index in [4.69, 9.17) is 0 Å². The highest BCUT2D eigenvalue weighted by Gasteiger charge is 2.39. The average molecular weight is 260 g/mol. The average Bonchev–Trinajstić information content (AvgIpc) is 2.69. The van der Waals surface area contributed by atoms with Crippen LogP contribution in [0.3, 0.4) is 0 Å². The van der Waals surface area contributed by atoms with E-state index in [-0.39, 0.29) is 23.5 Å². The first-order chi connectivity index (χ1) is 8.82. The van der Waals surface area contributed by atoms with Crippen molar-refractivity contribution in [2.45, 2.75) is 46.8 Å². The first-order valence-electron chi connectivity index (χ1n) is 6.92. The third-order valence-electron chi connectivity index (χ3n) is 4.17. The maximum absolute atomic E-state index is 12.2. The molecule has 1 saturated heterocycles. The quantitative estimate of drug-likeness (QED) is 0.887. The molecule has 1 N–H and O–H groups in total. The number of nitrogens with zero attached hydrogens (tertiary/aromatic N) is 1. The lowest BCUT2D eigenvalue weighted by atomic mass is 9.86. The van der Waals surface area contributed by atoms with Crippen LogP contribution >= 0.6 is 0 Å². The van der Waals surface area contributed by atoms with Gasteiger partial charge in [0.05, 0.1) is 6.54 Å². The second-order valence-corrected chi connectivity index (χ2v) is 6.48. The van der Waals surface area contributed by atoms with Crippen LogP contribution in [0.4, 0.5) is 0 Å². The number of hydrogen-bond acceptors (Lipinski definition) is 2. The Balaban J connectivity index is 2.36. The molecule has 3 nitrogen and oxygen atoms in total. The number of carbonyl (C=O) groups excluding carboxylic acids is 1. The van der Waals surface area contributed by atoms with Crippen LogP contribution in [-0.2, 0) is 4.79 Å². The summed E-state index contributed by atoms with van der Waals surface area (Å²) >= 11 is 0. The second kappa shape index (κ2) is 4.97. The van der Waals surface area contributed by atoms with Gasteiger partial charge >= 0.3 is 0 Å². The predicted molar refractivity (Wildman–Crippen MR) is 77.7 cm³/mol. The molecule has 1 fully saturated rings. The third-order valence-corrected chi connectivity index (χ3v) is 4.17. The topological polar surface area (TPSA) is 32.3 Å². The van der Waals surface area contributed by atoms with Crippen LogP contribution in [0, 0.1) is 12.3 Å². The summed E-state index contributed by atoms with van der Waals surface area (Å²) in [7, 11) is 0. The van der Waals surface area contributed by atoms with Gasteiger partial charge in [0.1, 0.15) is 6.17 Å². The first kappa shape index (κ1) is 14.1. The van der Waals surface area contributed by atoms with Gasteiger partial charge in [-0.3, -0.25) is 10.1 Å². The van der Waals surface area contributed by atoms with Crippen molar-refractivity contribution in [3.63, 3.8) is 0 Å². The first-order valence-corrected chi connectivity index (χ1v) is 6.92. The Morgan fingerprint density at radius 3 is 2.53 bits per heavy atom. The molecule has 3 heteroatoms. The van der Waals surface area contributed by atoms with Crippen molar-refractivity contribution in [3.05, 3.63) is 35.4 Å². The van der Waals surface area contributed by atoms with Gasteiger partial charge in [-0.05, 0) is 30.4 Å². The van der Waals surface area contributed by atoms with Crippen LogP contribution in [0.1, 0.15) is 45.0 Å². The molecule has 0 spiro atoms.